The van der Waals surface area contributed by atoms with Crippen molar-refractivity contribution in [3.05, 3.63) is 0 Å². The summed E-state index contributed by atoms with van der Waals surface area (Å²) in [6, 6.07) is 0. The van der Waals surface area contributed by atoms with Crippen LogP contribution in [0.25, 0.3) is 0 Å². The molecule has 4 heteroatoms. The van der Waals surface area contributed by atoms with Crippen LogP contribution in [0.4, 0.5) is 0 Å². The summed E-state index contributed by atoms with van der Waals surface area (Å²) in [6.45, 7) is 7.28. The first-order valence-corrected chi connectivity index (χ1v) is 11.2. The van der Waals surface area contributed by atoms with Gasteiger partial charge in [-0.3, -0.25) is 4.79 Å². The van der Waals surface area contributed by atoms with Gasteiger partial charge in [0.2, 0.25) is 0 Å². The van der Waals surface area contributed by atoms with E-state index >= 15 is 0 Å². The van der Waals surface area contributed by atoms with Crippen LogP contribution >= 0.6 is 23.5 Å². The van der Waals surface area contributed by atoms with E-state index in [1.165, 1.54) is 45.0 Å². The highest BCUT2D eigenvalue weighted by Crippen LogP contribution is 2.60. The van der Waals surface area contributed by atoms with Gasteiger partial charge in [0.05, 0.1) is 11.2 Å². The molecule has 1 aliphatic heterocycles. The van der Waals surface area contributed by atoms with Crippen molar-refractivity contribution in [2.45, 2.75) is 81.5 Å². The van der Waals surface area contributed by atoms with E-state index in [0.717, 1.165) is 35.8 Å². The second kappa shape index (κ2) is 9.03. The van der Waals surface area contributed by atoms with Crippen molar-refractivity contribution in [1.82, 2.24) is 0 Å². The van der Waals surface area contributed by atoms with E-state index in [0.29, 0.717) is 10.5 Å². The minimum absolute atomic E-state index is 0.0608. The van der Waals surface area contributed by atoms with Gasteiger partial charge >= 0.3 is 5.97 Å². The number of hydrogen-bond acceptors (Lipinski definition) is 4. The van der Waals surface area contributed by atoms with E-state index in [1.54, 1.807) is 0 Å². The maximum absolute atomic E-state index is 11.2. The number of esters is 1. The molecule has 0 aromatic heterocycles. The molecule has 1 aliphatic carbocycles. The molecule has 2 fully saturated rings. The molecule has 0 N–H and O–H groups in total. The fraction of sp³-hybridized carbons (Fsp3) is 0.947. The number of thioether (sulfide) groups is 2. The summed E-state index contributed by atoms with van der Waals surface area (Å²) in [7, 11) is 1.48. The molecule has 1 spiro atoms. The number of ether oxygens (including phenoxy) is 1. The van der Waals surface area contributed by atoms with Gasteiger partial charge in [0.15, 0.2) is 0 Å². The quantitative estimate of drug-likeness (QED) is 0.446. The molecule has 1 saturated carbocycles. The van der Waals surface area contributed by atoms with Gasteiger partial charge < -0.3 is 4.74 Å². The number of rotatable bonds is 6. The summed E-state index contributed by atoms with van der Waals surface area (Å²) in [5.41, 5.74) is 0. The minimum atomic E-state index is -0.0608. The number of hydrogen-bond donors (Lipinski definition) is 0. The molecule has 134 valence electrons. The fourth-order valence-electron chi connectivity index (χ4n) is 4.25. The molecule has 0 amide bonds. The highest BCUT2D eigenvalue weighted by Gasteiger charge is 2.48. The van der Waals surface area contributed by atoms with Crippen molar-refractivity contribution in [3.8, 4) is 0 Å². The first-order chi connectivity index (χ1) is 11.0. The minimum Gasteiger partial charge on any atom is -0.469 e. The Balaban J connectivity index is 1.88. The zero-order valence-corrected chi connectivity index (χ0v) is 16.9. The van der Waals surface area contributed by atoms with Crippen LogP contribution in [-0.2, 0) is 9.53 Å². The van der Waals surface area contributed by atoms with Gasteiger partial charge in [0.1, 0.15) is 0 Å². The van der Waals surface area contributed by atoms with E-state index in [4.69, 9.17) is 4.74 Å². The predicted molar refractivity (Wildman–Crippen MR) is 103 cm³/mol. The maximum atomic E-state index is 11.2. The van der Waals surface area contributed by atoms with Gasteiger partial charge in [-0.15, -0.1) is 23.5 Å². The second-order valence-electron chi connectivity index (χ2n) is 7.75. The Kier molecular flexibility index (Phi) is 7.65. The Bertz CT molecular complexity index is 386. The van der Waals surface area contributed by atoms with Crippen LogP contribution in [0.1, 0.15) is 72.1 Å². The van der Waals surface area contributed by atoms with Crippen LogP contribution in [-0.4, -0.2) is 28.2 Å². The summed E-state index contributed by atoms with van der Waals surface area (Å²) in [4.78, 5) is 11.2. The summed E-state index contributed by atoms with van der Waals surface area (Å²) in [5.74, 6) is 3.80. The monoisotopic (exact) mass is 358 g/mol. The molecular weight excluding hydrogens is 324 g/mol. The number of unbranched alkanes of at least 4 members (excludes halogenated alkanes) is 1. The molecule has 0 radical (unpaired) electrons. The van der Waals surface area contributed by atoms with Crippen LogP contribution in [0.2, 0.25) is 0 Å². The van der Waals surface area contributed by atoms with Crippen LogP contribution in [0.3, 0.4) is 0 Å². The van der Waals surface area contributed by atoms with Crippen LogP contribution in [0, 0.1) is 17.8 Å². The second-order valence-corrected chi connectivity index (χ2v) is 11.1. The molecule has 0 aromatic rings. The van der Waals surface area contributed by atoms with E-state index in [9.17, 15) is 4.79 Å². The van der Waals surface area contributed by atoms with Crippen LogP contribution < -0.4 is 0 Å². The van der Waals surface area contributed by atoms with Crippen molar-refractivity contribution in [3.63, 3.8) is 0 Å². The van der Waals surface area contributed by atoms with Crippen molar-refractivity contribution < 1.29 is 9.53 Å². The molecule has 2 aliphatic rings. The van der Waals surface area contributed by atoms with Crippen molar-refractivity contribution in [2.75, 3.05) is 12.9 Å². The Labute approximate surface area is 151 Å². The Morgan fingerprint density at radius 3 is 2.74 bits per heavy atom. The Morgan fingerprint density at radius 1 is 1.26 bits per heavy atom. The first kappa shape index (κ1) is 19.5. The summed E-state index contributed by atoms with van der Waals surface area (Å²) in [6.07, 6.45) is 9.55. The lowest BCUT2D eigenvalue weighted by atomic mass is 9.76. The van der Waals surface area contributed by atoms with Crippen LogP contribution in [0.5, 0.6) is 0 Å². The molecule has 4 unspecified atom stereocenters. The van der Waals surface area contributed by atoms with E-state index in [-0.39, 0.29) is 5.97 Å². The molecule has 0 aromatic carbocycles. The molecule has 0 bridgehead atoms. The van der Waals surface area contributed by atoms with Crippen molar-refractivity contribution in [1.29, 1.82) is 0 Å². The van der Waals surface area contributed by atoms with Crippen molar-refractivity contribution >= 4 is 29.5 Å². The zero-order chi connectivity index (χ0) is 16.9. The highest BCUT2D eigenvalue weighted by molar-refractivity contribution is 8.19. The summed E-state index contributed by atoms with van der Waals surface area (Å²) < 4.78 is 5.21. The summed E-state index contributed by atoms with van der Waals surface area (Å²) >= 11 is 4.57. The van der Waals surface area contributed by atoms with E-state index in [2.05, 4.69) is 44.3 Å². The van der Waals surface area contributed by atoms with Gasteiger partial charge in [-0.1, -0.05) is 33.6 Å². The zero-order valence-electron chi connectivity index (χ0n) is 15.3. The number of methoxy groups -OCH3 is 1. The Morgan fingerprint density at radius 2 is 2.04 bits per heavy atom. The lowest BCUT2D eigenvalue weighted by Gasteiger charge is -2.51. The average Bonchev–Trinajstić information content (AvgIpc) is 2.51. The van der Waals surface area contributed by atoms with Crippen LogP contribution in [0.15, 0.2) is 0 Å². The number of carbonyl (C=O) groups excluding carboxylic acids is 1. The smallest absolute Gasteiger partial charge is 0.305 e. The lowest BCUT2D eigenvalue weighted by Crippen LogP contribution is -2.43. The molecule has 2 rings (SSSR count). The van der Waals surface area contributed by atoms with E-state index < -0.39 is 0 Å². The molecule has 23 heavy (non-hydrogen) atoms. The molecule has 2 nitrogen and oxygen atoms in total. The third-order valence-corrected chi connectivity index (χ3v) is 9.22. The maximum Gasteiger partial charge on any atom is 0.305 e. The SMILES string of the molecule is COC(=O)CCCCC1CCSC2(CC(C)CCC2C(C)C)S1. The topological polar surface area (TPSA) is 26.3 Å². The van der Waals surface area contributed by atoms with Gasteiger partial charge in [0.25, 0.3) is 0 Å². The molecule has 1 heterocycles. The largest absolute Gasteiger partial charge is 0.469 e. The van der Waals surface area contributed by atoms with Gasteiger partial charge in [-0.05, 0) is 55.6 Å². The molecule has 4 atom stereocenters. The van der Waals surface area contributed by atoms with Gasteiger partial charge in [-0.25, -0.2) is 0 Å². The standard InChI is InChI=1S/C19H34O2S2/c1-14(2)17-10-9-15(3)13-19(17)22-12-11-16(23-19)7-5-6-8-18(20)21-4/h14-17H,5-13H2,1-4H3. The fourth-order valence-corrected chi connectivity index (χ4v) is 9.11. The molecular formula is C19H34O2S2. The lowest BCUT2D eigenvalue weighted by molar-refractivity contribution is -0.140. The summed E-state index contributed by atoms with van der Waals surface area (Å²) in [5, 5.41) is 0.792. The molecule has 1 saturated heterocycles. The average molecular weight is 359 g/mol. The highest BCUT2D eigenvalue weighted by atomic mass is 32.2. The third kappa shape index (κ3) is 5.32. The normalized spacial score (nSPS) is 34.7. The van der Waals surface area contributed by atoms with Crippen molar-refractivity contribution in [2.24, 2.45) is 17.8 Å². The number of carbonyl (C=O) groups is 1. The van der Waals surface area contributed by atoms with Gasteiger partial charge in [0, 0.05) is 11.7 Å². The Hall–Kier alpha value is 0.170. The first-order valence-electron chi connectivity index (χ1n) is 9.35. The third-order valence-electron chi connectivity index (χ3n) is 5.51. The predicted octanol–water partition coefficient (Wildman–Crippen LogP) is 5.75. The van der Waals surface area contributed by atoms with E-state index in [1.807, 2.05) is 0 Å². The van der Waals surface area contributed by atoms with Gasteiger partial charge in [-0.2, -0.15) is 0 Å².